The van der Waals surface area contributed by atoms with E-state index in [9.17, 15) is 4.79 Å². The van der Waals surface area contributed by atoms with Gasteiger partial charge in [-0.2, -0.15) is 10.2 Å². The fourth-order valence-corrected chi connectivity index (χ4v) is 2.74. The fourth-order valence-electron chi connectivity index (χ4n) is 2.74. The number of carbonyl (C=O) groups is 1. The van der Waals surface area contributed by atoms with E-state index in [1.54, 1.807) is 34.0 Å². The molecule has 0 radical (unpaired) electrons. The molecule has 0 fully saturated rings. The van der Waals surface area contributed by atoms with Crippen LogP contribution in [0.5, 0.6) is 0 Å². The molecule has 0 saturated carbocycles. The molecule has 0 atom stereocenters. The van der Waals surface area contributed by atoms with Crippen molar-refractivity contribution in [2.24, 2.45) is 0 Å². The third kappa shape index (κ3) is 4.09. The summed E-state index contributed by atoms with van der Waals surface area (Å²) in [5, 5.41) is 11.2. The van der Waals surface area contributed by atoms with Crippen LogP contribution in [0.4, 0.5) is 0 Å². The first-order valence-electron chi connectivity index (χ1n) is 8.56. The Balaban J connectivity index is 1.33. The van der Waals surface area contributed by atoms with Crippen LogP contribution in [0.15, 0.2) is 79.6 Å². The van der Waals surface area contributed by atoms with E-state index < -0.39 is 0 Å². The number of carbonyl (C=O) groups excluding carboxylic acids is 1. The molecule has 0 aliphatic heterocycles. The number of hydrogen-bond acceptors (Lipinski definition) is 4. The second kappa shape index (κ2) is 7.65. The SMILES string of the molecule is O=C(NCc1ccc(Cn2cncn2)cc1)c1ccc(-n2cccn2)cc1. The van der Waals surface area contributed by atoms with Gasteiger partial charge in [0, 0.05) is 24.5 Å². The summed E-state index contributed by atoms with van der Waals surface area (Å²) in [7, 11) is 0. The second-order valence-corrected chi connectivity index (χ2v) is 6.09. The first-order chi connectivity index (χ1) is 13.3. The summed E-state index contributed by atoms with van der Waals surface area (Å²) in [5.41, 5.74) is 3.71. The van der Waals surface area contributed by atoms with Crippen LogP contribution in [0.25, 0.3) is 5.69 Å². The first-order valence-corrected chi connectivity index (χ1v) is 8.56. The number of amides is 1. The fraction of sp³-hybridized carbons (Fsp3) is 0.100. The molecule has 0 aliphatic carbocycles. The van der Waals surface area contributed by atoms with Crippen LogP contribution in [0.3, 0.4) is 0 Å². The Labute approximate surface area is 156 Å². The standard InChI is InChI=1S/C20H18N6O/c27-20(18-6-8-19(9-7-18)26-11-1-10-23-26)22-12-16-2-4-17(5-3-16)13-25-15-21-14-24-25/h1-11,14-15H,12-13H2,(H,22,27). The number of nitrogens with zero attached hydrogens (tertiary/aromatic N) is 5. The van der Waals surface area contributed by atoms with Crippen LogP contribution in [-0.4, -0.2) is 30.5 Å². The van der Waals surface area contributed by atoms with Gasteiger partial charge >= 0.3 is 0 Å². The molecule has 7 heteroatoms. The van der Waals surface area contributed by atoms with Crippen molar-refractivity contribution in [3.63, 3.8) is 0 Å². The van der Waals surface area contributed by atoms with Crippen LogP contribution in [-0.2, 0) is 13.1 Å². The van der Waals surface area contributed by atoms with Crippen molar-refractivity contribution in [1.29, 1.82) is 0 Å². The Morgan fingerprint density at radius 1 is 0.963 bits per heavy atom. The summed E-state index contributed by atoms with van der Waals surface area (Å²) < 4.78 is 3.52. The molecule has 4 rings (SSSR count). The number of aromatic nitrogens is 5. The van der Waals surface area contributed by atoms with E-state index in [2.05, 4.69) is 20.5 Å². The third-order valence-corrected chi connectivity index (χ3v) is 4.19. The molecule has 1 amide bonds. The highest BCUT2D eigenvalue weighted by Crippen LogP contribution is 2.10. The highest BCUT2D eigenvalue weighted by Gasteiger charge is 2.06. The lowest BCUT2D eigenvalue weighted by atomic mass is 10.1. The molecule has 2 heterocycles. The van der Waals surface area contributed by atoms with Gasteiger partial charge in [-0.1, -0.05) is 24.3 Å². The van der Waals surface area contributed by atoms with Crippen molar-refractivity contribution in [3.8, 4) is 5.69 Å². The zero-order chi connectivity index (χ0) is 18.5. The van der Waals surface area contributed by atoms with E-state index in [0.29, 0.717) is 18.7 Å². The topological polar surface area (TPSA) is 77.6 Å². The molecule has 1 N–H and O–H groups in total. The van der Waals surface area contributed by atoms with E-state index in [-0.39, 0.29) is 5.91 Å². The summed E-state index contributed by atoms with van der Waals surface area (Å²) in [5.74, 6) is -0.103. The Hall–Kier alpha value is -3.74. The van der Waals surface area contributed by atoms with E-state index in [1.165, 1.54) is 6.33 Å². The predicted octanol–water partition coefficient (Wildman–Crippen LogP) is 2.44. The quantitative estimate of drug-likeness (QED) is 0.574. The van der Waals surface area contributed by atoms with Crippen molar-refractivity contribution in [1.82, 2.24) is 29.9 Å². The monoisotopic (exact) mass is 358 g/mol. The van der Waals surface area contributed by atoms with Gasteiger partial charge in [-0.25, -0.2) is 14.3 Å². The molecule has 0 bridgehead atoms. The van der Waals surface area contributed by atoms with Gasteiger partial charge in [-0.15, -0.1) is 0 Å². The average Bonchev–Trinajstić information content (AvgIpc) is 3.42. The number of nitrogens with one attached hydrogen (secondary N) is 1. The minimum Gasteiger partial charge on any atom is -0.348 e. The molecule has 2 aromatic heterocycles. The number of benzene rings is 2. The summed E-state index contributed by atoms with van der Waals surface area (Å²) in [6.07, 6.45) is 6.79. The third-order valence-electron chi connectivity index (χ3n) is 4.19. The molecule has 7 nitrogen and oxygen atoms in total. The van der Waals surface area contributed by atoms with Crippen molar-refractivity contribution in [2.75, 3.05) is 0 Å². The number of hydrogen-bond donors (Lipinski definition) is 1. The molecule has 4 aromatic rings. The van der Waals surface area contributed by atoms with Crippen LogP contribution >= 0.6 is 0 Å². The van der Waals surface area contributed by atoms with Crippen LogP contribution in [0.1, 0.15) is 21.5 Å². The summed E-state index contributed by atoms with van der Waals surface area (Å²) in [6.45, 7) is 1.15. The normalized spacial score (nSPS) is 10.7. The average molecular weight is 358 g/mol. The molecular formula is C20H18N6O. The lowest BCUT2D eigenvalue weighted by Gasteiger charge is -2.08. The van der Waals surface area contributed by atoms with Crippen molar-refractivity contribution < 1.29 is 4.79 Å². The minimum atomic E-state index is -0.103. The minimum absolute atomic E-state index is 0.103. The summed E-state index contributed by atoms with van der Waals surface area (Å²) in [4.78, 5) is 16.3. The lowest BCUT2D eigenvalue weighted by Crippen LogP contribution is -2.22. The van der Waals surface area contributed by atoms with Gasteiger partial charge in [-0.05, 0) is 41.5 Å². The van der Waals surface area contributed by atoms with Gasteiger partial charge in [0.05, 0.1) is 12.2 Å². The molecule has 0 aliphatic rings. The van der Waals surface area contributed by atoms with Crippen molar-refractivity contribution >= 4 is 5.91 Å². The molecule has 0 saturated heterocycles. The molecule has 0 unspecified atom stereocenters. The van der Waals surface area contributed by atoms with Gasteiger partial charge in [-0.3, -0.25) is 4.79 Å². The molecule has 2 aromatic carbocycles. The van der Waals surface area contributed by atoms with Gasteiger partial charge < -0.3 is 5.32 Å². The van der Waals surface area contributed by atoms with E-state index in [4.69, 9.17) is 0 Å². The smallest absolute Gasteiger partial charge is 0.251 e. The van der Waals surface area contributed by atoms with E-state index in [1.807, 2.05) is 48.7 Å². The maximum absolute atomic E-state index is 12.3. The highest BCUT2D eigenvalue weighted by atomic mass is 16.1. The Kier molecular flexibility index (Phi) is 4.74. The van der Waals surface area contributed by atoms with Crippen molar-refractivity contribution in [3.05, 3.63) is 96.3 Å². The largest absolute Gasteiger partial charge is 0.348 e. The molecule has 134 valence electrons. The maximum Gasteiger partial charge on any atom is 0.251 e. The second-order valence-electron chi connectivity index (χ2n) is 6.09. The zero-order valence-electron chi connectivity index (χ0n) is 14.6. The van der Waals surface area contributed by atoms with E-state index in [0.717, 1.165) is 16.8 Å². The Bertz CT molecular complexity index is 990. The van der Waals surface area contributed by atoms with Gasteiger partial charge in [0.25, 0.3) is 5.91 Å². The van der Waals surface area contributed by atoms with Crippen LogP contribution in [0, 0.1) is 0 Å². The van der Waals surface area contributed by atoms with Gasteiger partial charge in [0.1, 0.15) is 12.7 Å². The Morgan fingerprint density at radius 3 is 2.41 bits per heavy atom. The summed E-state index contributed by atoms with van der Waals surface area (Å²) in [6, 6.07) is 17.3. The lowest BCUT2D eigenvalue weighted by molar-refractivity contribution is 0.0951. The van der Waals surface area contributed by atoms with Crippen LogP contribution < -0.4 is 5.32 Å². The zero-order valence-corrected chi connectivity index (χ0v) is 14.6. The highest BCUT2D eigenvalue weighted by molar-refractivity contribution is 5.94. The molecule has 27 heavy (non-hydrogen) atoms. The molecular weight excluding hydrogens is 340 g/mol. The predicted molar refractivity (Wildman–Crippen MR) is 100 cm³/mol. The van der Waals surface area contributed by atoms with Crippen molar-refractivity contribution in [2.45, 2.75) is 13.1 Å². The Morgan fingerprint density at radius 2 is 1.74 bits per heavy atom. The van der Waals surface area contributed by atoms with Gasteiger partial charge in [0.15, 0.2) is 0 Å². The van der Waals surface area contributed by atoms with Gasteiger partial charge in [0.2, 0.25) is 0 Å². The maximum atomic E-state index is 12.3. The van der Waals surface area contributed by atoms with Crippen LogP contribution in [0.2, 0.25) is 0 Å². The molecule has 0 spiro atoms. The summed E-state index contributed by atoms with van der Waals surface area (Å²) >= 11 is 0. The first kappa shape index (κ1) is 16.7. The number of rotatable bonds is 6. The van der Waals surface area contributed by atoms with E-state index >= 15 is 0 Å².